The third-order valence-electron chi connectivity index (χ3n) is 3.42. The molecular formula is C14H18ClF3. The Kier molecular flexibility index (Phi) is 4.71. The molecule has 1 aromatic carbocycles. The highest BCUT2D eigenvalue weighted by Gasteiger charge is 2.29. The third kappa shape index (κ3) is 3.64. The van der Waals surface area contributed by atoms with E-state index in [2.05, 4.69) is 0 Å². The Bertz CT molecular complexity index is 409. The first-order valence-electron chi connectivity index (χ1n) is 5.91. The van der Waals surface area contributed by atoms with Gasteiger partial charge in [-0.1, -0.05) is 6.07 Å². The average Bonchev–Trinajstić information content (AvgIpc) is 2.23. The molecule has 4 heteroatoms. The predicted octanol–water partition coefficient (Wildman–Crippen LogP) is 5.54. The van der Waals surface area contributed by atoms with Crippen LogP contribution in [0.5, 0.6) is 0 Å². The minimum Gasteiger partial charge on any atom is -0.171 e. The maximum absolute atomic E-state index is 12.2. The van der Waals surface area contributed by atoms with E-state index in [0.29, 0.717) is 0 Å². The summed E-state index contributed by atoms with van der Waals surface area (Å²) in [6.07, 6.45) is -5.06. The summed E-state index contributed by atoms with van der Waals surface area (Å²) in [4.78, 5) is 0. The molecule has 0 bridgehead atoms. The SMILES string of the molecule is Cc1cc(C)c(C)c(C(Cl)CCC(F)(F)F)c1C. The van der Waals surface area contributed by atoms with Crippen LogP contribution in [0, 0.1) is 27.7 Å². The van der Waals surface area contributed by atoms with Gasteiger partial charge in [0.1, 0.15) is 0 Å². The highest BCUT2D eigenvalue weighted by Crippen LogP contribution is 2.36. The fourth-order valence-electron chi connectivity index (χ4n) is 2.15. The molecule has 0 fully saturated rings. The van der Waals surface area contributed by atoms with Gasteiger partial charge >= 0.3 is 6.18 Å². The van der Waals surface area contributed by atoms with Gasteiger partial charge in [-0.3, -0.25) is 0 Å². The summed E-state index contributed by atoms with van der Waals surface area (Å²) in [5.74, 6) is 0. The van der Waals surface area contributed by atoms with Crippen LogP contribution in [0.3, 0.4) is 0 Å². The van der Waals surface area contributed by atoms with Crippen molar-refractivity contribution >= 4 is 11.6 Å². The quantitative estimate of drug-likeness (QED) is 0.637. The summed E-state index contributed by atoms with van der Waals surface area (Å²) in [5.41, 5.74) is 5.01. The van der Waals surface area contributed by atoms with Crippen molar-refractivity contribution in [3.05, 3.63) is 33.9 Å². The lowest BCUT2D eigenvalue weighted by molar-refractivity contribution is -0.135. The summed E-state index contributed by atoms with van der Waals surface area (Å²) < 4.78 is 36.7. The molecule has 102 valence electrons. The lowest BCUT2D eigenvalue weighted by atomic mass is 9.91. The molecule has 0 aromatic heterocycles. The van der Waals surface area contributed by atoms with E-state index in [1.54, 1.807) is 0 Å². The van der Waals surface area contributed by atoms with Crippen LogP contribution in [-0.4, -0.2) is 6.18 Å². The zero-order valence-electron chi connectivity index (χ0n) is 11.1. The molecule has 0 heterocycles. The summed E-state index contributed by atoms with van der Waals surface area (Å²) >= 11 is 6.17. The van der Waals surface area contributed by atoms with Crippen LogP contribution in [0.15, 0.2) is 6.07 Å². The second-order valence-corrected chi connectivity index (χ2v) is 5.32. The zero-order chi connectivity index (χ0) is 14.1. The number of aryl methyl sites for hydroxylation is 2. The first-order chi connectivity index (χ1) is 8.13. The molecule has 0 amide bonds. The van der Waals surface area contributed by atoms with Crippen LogP contribution >= 0.6 is 11.6 Å². The number of benzene rings is 1. The highest BCUT2D eigenvalue weighted by atomic mass is 35.5. The normalized spacial score (nSPS) is 13.8. The van der Waals surface area contributed by atoms with Gasteiger partial charge in [0, 0.05) is 6.42 Å². The average molecular weight is 279 g/mol. The molecule has 0 aliphatic carbocycles. The summed E-state index contributed by atoms with van der Waals surface area (Å²) in [6.45, 7) is 7.75. The Hall–Kier alpha value is -0.700. The summed E-state index contributed by atoms with van der Waals surface area (Å²) in [7, 11) is 0. The van der Waals surface area contributed by atoms with Gasteiger partial charge in [-0.15, -0.1) is 11.6 Å². The van der Waals surface area contributed by atoms with E-state index >= 15 is 0 Å². The first kappa shape index (κ1) is 15.4. The van der Waals surface area contributed by atoms with Crippen LogP contribution in [-0.2, 0) is 0 Å². The molecule has 18 heavy (non-hydrogen) atoms. The summed E-state index contributed by atoms with van der Waals surface area (Å²) in [5, 5.41) is -0.578. The van der Waals surface area contributed by atoms with Gasteiger partial charge in [0.25, 0.3) is 0 Å². The largest absolute Gasteiger partial charge is 0.389 e. The molecule has 1 atom stereocenters. The van der Waals surface area contributed by atoms with Gasteiger partial charge in [-0.05, 0) is 61.9 Å². The van der Waals surface area contributed by atoms with E-state index in [1.807, 2.05) is 33.8 Å². The van der Waals surface area contributed by atoms with Gasteiger partial charge in [0.2, 0.25) is 0 Å². The highest BCUT2D eigenvalue weighted by molar-refractivity contribution is 6.21. The first-order valence-corrected chi connectivity index (χ1v) is 6.35. The molecule has 0 N–H and O–H groups in total. The standard InChI is InChI=1S/C14H18ClF3/c1-8-7-9(2)11(4)13(10(8)3)12(15)5-6-14(16,17)18/h7,12H,5-6H2,1-4H3. The molecule has 0 aliphatic rings. The lowest BCUT2D eigenvalue weighted by Crippen LogP contribution is -2.10. The van der Waals surface area contributed by atoms with Crippen LogP contribution < -0.4 is 0 Å². The Morgan fingerprint density at radius 1 is 1.06 bits per heavy atom. The Balaban J connectivity index is 3.02. The maximum atomic E-state index is 12.2. The molecule has 1 unspecified atom stereocenters. The third-order valence-corrected chi connectivity index (χ3v) is 3.85. The van der Waals surface area contributed by atoms with Crippen molar-refractivity contribution < 1.29 is 13.2 Å². The molecule has 0 radical (unpaired) electrons. The maximum Gasteiger partial charge on any atom is 0.389 e. The van der Waals surface area contributed by atoms with Crippen molar-refractivity contribution in [2.75, 3.05) is 0 Å². The van der Waals surface area contributed by atoms with Crippen LogP contribution in [0.25, 0.3) is 0 Å². The monoisotopic (exact) mass is 278 g/mol. The van der Waals surface area contributed by atoms with Crippen molar-refractivity contribution in [2.45, 2.75) is 52.1 Å². The molecule has 0 saturated carbocycles. The van der Waals surface area contributed by atoms with Crippen molar-refractivity contribution in [3.8, 4) is 0 Å². The van der Waals surface area contributed by atoms with Crippen LogP contribution in [0.1, 0.15) is 46.0 Å². The zero-order valence-corrected chi connectivity index (χ0v) is 11.8. The van der Waals surface area contributed by atoms with Crippen molar-refractivity contribution in [2.24, 2.45) is 0 Å². The van der Waals surface area contributed by atoms with Gasteiger partial charge in [-0.25, -0.2) is 0 Å². The van der Waals surface area contributed by atoms with E-state index in [0.717, 1.165) is 27.8 Å². The van der Waals surface area contributed by atoms with E-state index in [4.69, 9.17) is 11.6 Å². The van der Waals surface area contributed by atoms with Crippen molar-refractivity contribution in [1.29, 1.82) is 0 Å². The number of hydrogen-bond donors (Lipinski definition) is 0. The molecule has 1 aromatic rings. The van der Waals surface area contributed by atoms with Gasteiger partial charge in [0.15, 0.2) is 0 Å². The number of rotatable bonds is 3. The second kappa shape index (κ2) is 5.52. The molecule has 0 aliphatic heterocycles. The van der Waals surface area contributed by atoms with Crippen LogP contribution in [0.4, 0.5) is 13.2 Å². The smallest absolute Gasteiger partial charge is 0.171 e. The second-order valence-electron chi connectivity index (χ2n) is 4.80. The number of hydrogen-bond acceptors (Lipinski definition) is 0. The fourth-order valence-corrected chi connectivity index (χ4v) is 2.59. The lowest BCUT2D eigenvalue weighted by Gasteiger charge is -2.20. The van der Waals surface area contributed by atoms with E-state index in [9.17, 15) is 13.2 Å². The topological polar surface area (TPSA) is 0 Å². The van der Waals surface area contributed by atoms with Gasteiger partial charge < -0.3 is 0 Å². The predicted molar refractivity (Wildman–Crippen MR) is 69.3 cm³/mol. The Labute approximate surface area is 111 Å². The molecule has 0 spiro atoms. The molecule has 1 rings (SSSR count). The minimum absolute atomic E-state index is 0.0738. The number of halogens is 4. The van der Waals surface area contributed by atoms with Crippen molar-refractivity contribution in [1.82, 2.24) is 0 Å². The summed E-state index contributed by atoms with van der Waals surface area (Å²) in [6, 6.07) is 2.04. The molecule has 0 nitrogen and oxygen atoms in total. The van der Waals surface area contributed by atoms with E-state index in [1.165, 1.54) is 0 Å². The van der Waals surface area contributed by atoms with Crippen LogP contribution in [0.2, 0.25) is 0 Å². The fraction of sp³-hybridized carbons (Fsp3) is 0.571. The number of alkyl halides is 4. The Morgan fingerprint density at radius 2 is 1.50 bits per heavy atom. The molecule has 0 saturated heterocycles. The van der Waals surface area contributed by atoms with Crippen molar-refractivity contribution in [3.63, 3.8) is 0 Å². The van der Waals surface area contributed by atoms with E-state index in [-0.39, 0.29) is 6.42 Å². The van der Waals surface area contributed by atoms with Gasteiger partial charge in [-0.2, -0.15) is 13.2 Å². The molecular weight excluding hydrogens is 261 g/mol. The van der Waals surface area contributed by atoms with E-state index < -0.39 is 18.0 Å². The minimum atomic E-state index is -4.15. The van der Waals surface area contributed by atoms with Gasteiger partial charge in [0.05, 0.1) is 5.38 Å². The Morgan fingerprint density at radius 3 is 1.89 bits per heavy atom.